The number of nitrogens with zero attached hydrogens (tertiary/aromatic N) is 2. The third kappa shape index (κ3) is 5.32. The molecule has 0 fully saturated rings. The number of benzene rings is 1. The summed E-state index contributed by atoms with van der Waals surface area (Å²) in [6.45, 7) is 9.38. The molecule has 3 rings (SSSR count). The minimum absolute atomic E-state index is 0.137. The SMILES string of the molecule is CC(C)c1ccc(-c2nnc(NC(=O)c3ccc(S(=O)(=O)NC(C)(C)C)o3)s2)cc1. The summed E-state index contributed by atoms with van der Waals surface area (Å²) in [7, 11) is -3.87. The molecule has 0 saturated carbocycles. The molecule has 1 amide bonds. The zero-order valence-corrected chi connectivity index (χ0v) is 19.0. The van der Waals surface area contributed by atoms with E-state index in [1.54, 1.807) is 20.8 Å². The monoisotopic (exact) mass is 448 g/mol. The summed E-state index contributed by atoms with van der Waals surface area (Å²) < 4.78 is 32.3. The Kier molecular flexibility index (Phi) is 6.11. The van der Waals surface area contributed by atoms with Crippen molar-refractivity contribution in [1.29, 1.82) is 0 Å². The summed E-state index contributed by atoms with van der Waals surface area (Å²) in [4.78, 5) is 12.4. The maximum atomic E-state index is 12.4. The molecule has 0 spiro atoms. The molecule has 0 aliphatic carbocycles. The maximum Gasteiger partial charge on any atom is 0.293 e. The molecule has 0 saturated heterocycles. The highest BCUT2D eigenvalue weighted by molar-refractivity contribution is 7.89. The van der Waals surface area contributed by atoms with E-state index in [0.717, 1.165) is 5.56 Å². The summed E-state index contributed by atoms with van der Waals surface area (Å²) in [6, 6.07) is 10.6. The quantitative estimate of drug-likeness (QED) is 0.583. The smallest absolute Gasteiger partial charge is 0.293 e. The lowest BCUT2D eigenvalue weighted by Crippen LogP contribution is -2.40. The average molecular weight is 449 g/mol. The molecule has 0 aliphatic rings. The molecule has 2 N–H and O–H groups in total. The van der Waals surface area contributed by atoms with Crippen LogP contribution in [0.25, 0.3) is 10.6 Å². The van der Waals surface area contributed by atoms with Crippen LogP contribution in [-0.4, -0.2) is 30.1 Å². The van der Waals surface area contributed by atoms with E-state index < -0.39 is 21.5 Å². The van der Waals surface area contributed by atoms with Crippen LogP contribution < -0.4 is 10.0 Å². The number of hydrogen-bond acceptors (Lipinski definition) is 7. The van der Waals surface area contributed by atoms with E-state index in [-0.39, 0.29) is 16.0 Å². The summed E-state index contributed by atoms with van der Waals surface area (Å²) in [5, 5.41) is 11.3. The number of anilines is 1. The van der Waals surface area contributed by atoms with Crippen molar-refractivity contribution < 1.29 is 17.6 Å². The number of carbonyl (C=O) groups excluding carboxylic acids is 1. The third-order valence-electron chi connectivity index (χ3n) is 3.98. The van der Waals surface area contributed by atoms with Crippen molar-refractivity contribution in [2.24, 2.45) is 0 Å². The molecule has 0 unspecified atom stereocenters. The number of rotatable bonds is 6. The molecule has 8 nitrogen and oxygen atoms in total. The number of aromatic nitrogens is 2. The molecular formula is C20H24N4O4S2. The van der Waals surface area contributed by atoms with Crippen molar-refractivity contribution in [3.8, 4) is 10.6 Å². The molecule has 0 atom stereocenters. The summed E-state index contributed by atoms with van der Waals surface area (Å²) in [5.41, 5.74) is 1.45. The van der Waals surface area contributed by atoms with Gasteiger partial charge in [-0.25, -0.2) is 13.1 Å². The predicted octanol–water partition coefficient (Wildman–Crippen LogP) is 4.25. The molecule has 0 radical (unpaired) electrons. The number of carbonyl (C=O) groups is 1. The van der Waals surface area contributed by atoms with Crippen LogP contribution in [0, 0.1) is 0 Å². The van der Waals surface area contributed by atoms with Gasteiger partial charge in [0.25, 0.3) is 15.9 Å². The second kappa shape index (κ2) is 8.29. The number of amides is 1. The Hall–Kier alpha value is -2.56. The lowest BCUT2D eigenvalue weighted by molar-refractivity contribution is 0.0991. The fraction of sp³-hybridized carbons (Fsp3) is 0.350. The topological polar surface area (TPSA) is 114 Å². The van der Waals surface area contributed by atoms with Gasteiger partial charge in [0.05, 0.1) is 0 Å². The molecule has 2 aromatic heterocycles. The van der Waals surface area contributed by atoms with E-state index in [1.165, 1.54) is 29.0 Å². The Labute approximate surface area is 179 Å². The third-order valence-corrected chi connectivity index (χ3v) is 6.50. The minimum Gasteiger partial charge on any atom is -0.438 e. The molecule has 30 heavy (non-hydrogen) atoms. The molecule has 1 aromatic carbocycles. The van der Waals surface area contributed by atoms with Gasteiger partial charge in [-0.05, 0) is 44.4 Å². The van der Waals surface area contributed by atoms with E-state index >= 15 is 0 Å². The van der Waals surface area contributed by atoms with Crippen LogP contribution in [0.1, 0.15) is 56.7 Å². The Morgan fingerprint density at radius 3 is 2.33 bits per heavy atom. The van der Waals surface area contributed by atoms with Crippen LogP contribution in [0.2, 0.25) is 0 Å². The lowest BCUT2D eigenvalue weighted by Gasteiger charge is -2.18. The van der Waals surface area contributed by atoms with Crippen molar-refractivity contribution in [2.45, 2.75) is 51.2 Å². The molecule has 10 heteroatoms. The fourth-order valence-corrected chi connectivity index (χ4v) is 4.70. The van der Waals surface area contributed by atoms with Crippen LogP contribution in [0.5, 0.6) is 0 Å². The van der Waals surface area contributed by atoms with Gasteiger partial charge in [0.2, 0.25) is 10.2 Å². The zero-order chi connectivity index (χ0) is 22.1. The highest BCUT2D eigenvalue weighted by atomic mass is 32.2. The standard InChI is InChI=1S/C20H24N4O4S2/c1-12(2)13-6-8-14(9-7-13)18-22-23-19(29-18)21-17(25)15-10-11-16(28-15)30(26,27)24-20(3,4)5/h6-12,24H,1-5H3,(H,21,23,25). The Morgan fingerprint density at radius 1 is 1.07 bits per heavy atom. The molecule has 0 aliphatic heterocycles. The maximum absolute atomic E-state index is 12.4. The second-order valence-electron chi connectivity index (χ2n) is 8.12. The van der Waals surface area contributed by atoms with Gasteiger partial charge in [0, 0.05) is 11.1 Å². The van der Waals surface area contributed by atoms with Gasteiger partial charge in [-0.2, -0.15) is 0 Å². The molecular weight excluding hydrogens is 424 g/mol. The average Bonchev–Trinajstić information content (AvgIpc) is 3.30. The fourth-order valence-electron chi connectivity index (χ4n) is 2.60. The molecule has 2 heterocycles. The van der Waals surface area contributed by atoms with Crippen molar-refractivity contribution >= 4 is 32.4 Å². The van der Waals surface area contributed by atoms with E-state index in [4.69, 9.17) is 4.42 Å². The summed E-state index contributed by atoms with van der Waals surface area (Å²) in [6.07, 6.45) is 0. The van der Waals surface area contributed by atoms with Crippen molar-refractivity contribution in [3.63, 3.8) is 0 Å². The second-order valence-corrected chi connectivity index (χ2v) is 10.7. The first-order valence-corrected chi connectivity index (χ1v) is 11.6. The largest absolute Gasteiger partial charge is 0.438 e. The van der Waals surface area contributed by atoms with Crippen LogP contribution in [0.15, 0.2) is 45.9 Å². The van der Waals surface area contributed by atoms with Crippen molar-refractivity contribution in [1.82, 2.24) is 14.9 Å². The minimum atomic E-state index is -3.87. The Bertz CT molecular complexity index is 1140. The van der Waals surface area contributed by atoms with Gasteiger partial charge >= 0.3 is 0 Å². The summed E-state index contributed by atoms with van der Waals surface area (Å²) in [5.74, 6) is -0.309. The predicted molar refractivity (Wildman–Crippen MR) is 116 cm³/mol. The van der Waals surface area contributed by atoms with E-state index in [1.807, 2.05) is 24.3 Å². The van der Waals surface area contributed by atoms with E-state index in [0.29, 0.717) is 10.9 Å². The van der Waals surface area contributed by atoms with Gasteiger partial charge in [0.15, 0.2) is 5.76 Å². The van der Waals surface area contributed by atoms with E-state index in [2.05, 4.69) is 34.1 Å². The van der Waals surface area contributed by atoms with Crippen molar-refractivity contribution in [3.05, 3.63) is 47.7 Å². The molecule has 3 aromatic rings. The Morgan fingerprint density at radius 2 is 1.73 bits per heavy atom. The van der Waals surface area contributed by atoms with Crippen molar-refractivity contribution in [2.75, 3.05) is 5.32 Å². The zero-order valence-electron chi connectivity index (χ0n) is 17.4. The number of furan rings is 1. The molecule has 160 valence electrons. The molecule has 0 bridgehead atoms. The lowest BCUT2D eigenvalue weighted by atomic mass is 10.0. The first-order valence-electron chi connectivity index (χ1n) is 9.33. The highest BCUT2D eigenvalue weighted by Crippen LogP contribution is 2.28. The Balaban J connectivity index is 1.71. The van der Waals surface area contributed by atoms with Crippen LogP contribution in [0.3, 0.4) is 0 Å². The number of nitrogens with one attached hydrogen (secondary N) is 2. The van der Waals surface area contributed by atoms with Gasteiger partial charge in [0.1, 0.15) is 5.01 Å². The van der Waals surface area contributed by atoms with Gasteiger partial charge in [-0.1, -0.05) is 49.4 Å². The first kappa shape index (κ1) is 22.1. The number of hydrogen-bond donors (Lipinski definition) is 2. The van der Waals surface area contributed by atoms with Crippen LogP contribution in [0.4, 0.5) is 5.13 Å². The van der Waals surface area contributed by atoms with Gasteiger partial charge in [-0.15, -0.1) is 10.2 Å². The van der Waals surface area contributed by atoms with Gasteiger partial charge < -0.3 is 4.42 Å². The normalized spacial score (nSPS) is 12.3. The van der Waals surface area contributed by atoms with Gasteiger partial charge in [-0.3, -0.25) is 10.1 Å². The van der Waals surface area contributed by atoms with Crippen LogP contribution >= 0.6 is 11.3 Å². The summed E-state index contributed by atoms with van der Waals surface area (Å²) >= 11 is 1.22. The van der Waals surface area contributed by atoms with Crippen LogP contribution in [-0.2, 0) is 10.0 Å². The first-order chi connectivity index (χ1) is 13.9. The highest BCUT2D eigenvalue weighted by Gasteiger charge is 2.26. The van der Waals surface area contributed by atoms with E-state index in [9.17, 15) is 13.2 Å². The number of sulfonamides is 1.